The molecule has 0 N–H and O–H groups in total. The molecule has 25 heavy (non-hydrogen) atoms. The Morgan fingerprint density at radius 2 is 1.80 bits per heavy atom. The lowest BCUT2D eigenvalue weighted by Gasteiger charge is -2.33. The quantitative estimate of drug-likeness (QED) is 0.788. The Kier molecular flexibility index (Phi) is 3.14. The van der Waals surface area contributed by atoms with Crippen molar-refractivity contribution in [3.63, 3.8) is 0 Å². The van der Waals surface area contributed by atoms with Crippen LogP contribution in [0, 0.1) is 5.41 Å². The Morgan fingerprint density at radius 3 is 2.48 bits per heavy atom. The molecular formula is C21H22N2O2. The summed E-state index contributed by atoms with van der Waals surface area (Å²) in [5.41, 5.74) is 3.49. The zero-order valence-electron chi connectivity index (χ0n) is 15.3. The number of para-hydroxylation sites is 1. The lowest BCUT2D eigenvalue weighted by Crippen LogP contribution is -2.48. The van der Waals surface area contributed by atoms with Crippen molar-refractivity contribution in [2.75, 3.05) is 19.1 Å². The predicted molar refractivity (Wildman–Crippen MR) is 100 cm³/mol. The number of nitrogens with zero attached hydrogens (tertiary/aromatic N) is 2. The number of carbonyl (C=O) groups is 1. The number of ether oxygens (including phenoxy) is 1. The first-order valence-electron chi connectivity index (χ1n) is 8.47. The Labute approximate surface area is 148 Å². The normalized spacial score (nSPS) is 21.4. The molecule has 4 heteroatoms. The minimum absolute atomic E-state index is 0.0504. The van der Waals surface area contributed by atoms with E-state index in [0.29, 0.717) is 0 Å². The van der Waals surface area contributed by atoms with E-state index in [9.17, 15) is 4.79 Å². The molecule has 4 nitrogen and oxygen atoms in total. The van der Waals surface area contributed by atoms with E-state index in [4.69, 9.17) is 9.73 Å². The summed E-state index contributed by atoms with van der Waals surface area (Å²) in [6.45, 7) is 6.35. The number of benzene rings is 2. The molecule has 2 aromatic carbocycles. The van der Waals surface area contributed by atoms with Crippen LogP contribution in [-0.2, 0) is 10.2 Å². The maximum atomic E-state index is 13.6. The number of likely N-dealkylation sites (N-methyl/N-ethyl adjacent to an activating group) is 1. The highest BCUT2D eigenvalue weighted by molar-refractivity contribution is 6.30. The second kappa shape index (κ2) is 4.94. The fourth-order valence-corrected chi connectivity index (χ4v) is 4.15. The molecule has 2 aliphatic rings. The molecule has 0 aliphatic carbocycles. The largest absolute Gasteiger partial charge is 0.497 e. The smallest absolute Gasteiger partial charge is 0.247 e. The number of rotatable bonds is 1. The Hall–Kier alpha value is -2.62. The lowest BCUT2D eigenvalue weighted by molar-refractivity contribution is -0.119. The summed E-state index contributed by atoms with van der Waals surface area (Å²) in [4.78, 5) is 20.3. The number of anilines is 1. The molecule has 0 fully saturated rings. The van der Waals surface area contributed by atoms with Gasteiger partial charge in [0.15, 0.2) is 0 Å². The number of hydrogen-bond donors (Lipinski definition) is 0. The van der Waals surface area contributed by atoms with Crippen molar-refractivity contribution in [1.29, 1.82) is 0 Å². The molecule has 2 aromatic rings. The van der Waals surface area contributed by atoms with Crippen molar-refractivity contribution in [2.24, 2.45) is 10.4 Å². The average molecular weight is 334 g/mol. The molecule has 0 bridgehead atoms. The maximum absolute atomic E-state index is 13.6. The van der Waals surface area contributed by atoms with Gasteiger partial charge in [0, 0.05) is 35.0 Å². The summed E-state index contributed by atoms with van der Waals surface area (Å²) in [5, 5.41) is 0. The Bertz CT molecular complexity index is 924. The van der Waals surface area contributed by atoms with Crippen LogP contribution in [0.1, 0.15) is 31.9 Å². The van der Waals surface area contributed by atoms with Crippen molar-refractivity contribution >= 4 is 23.0 Å². The first kappa shape index (κ1) is 15.9. The van der Waals surface area contributed by atoms with Crippen LogP contribution in [0.25, 0.3) is 0 Å². The number of carbonyl (C=O) groups excluding carboxylic acids is 1. The van der Waals surface area contributed by atoms with Gasteiger partial charge in [-0.25, -0.2) is 0 Å². The highest BCUT2D eigenvalue weighted by Crippen LogP contribution is 2.56. The third-order valence-electron chi connectivity index (χ3n) is 5.20. The second-order valence-corrected chi connectivity index (χ2v) is 7.72. The number of methoxy groups -OCH3 is 1. The van der Waals surface area contributed by atoms with Crippen molar-refractivity contribution in [3.05, 3.63) is 53.6 Å². The van der Waals surface area contributed by atoms with Crippen molar-refractivity contribution < 1.29 is 9.53 Å². The molecule has 1 spiro atoms. The summed E-state index contributed by atoms with van der Waals surface area (Å²) in [6, 6.07) is 13.8. The average Bonchev–Trinajstić information content (AvgIpc) is 3.05. The van der Waals surface area contributed by atoms with Crippen LogP contribution < -0.4 is 9.64 Å². The standard InChI is InChI=1S/C21H22N2O2/c1-20(2,3)18-21(15-12-13(25-5)10-11-16(15)22-18)14-8-6-7-9-17(14)23(4)19(21)24/h6-12H,1-5H3. The summed E-state index contributed by atoms with van der Waals surface area (Å²) in [7, 11) is 3.49. The molecule has 128 valence electrons. The number of aliphatic imine (C=N–C) groups is 1. The molecule has 1 atom stereocenters. The van der Waals surface area contributed by atoms with Gasteiger partial charge in [-0.1, -0.05) is 39.0 Å². The van der Waals surface area contributed by atoms with Crippen LogP contribution in [0.3, 0.4) is 0 Å². The van der Waals surface area contributed by atoms with Crippen LogP contribution in [-0.4, -0.2) is 25.8 Å². The summed E-state index contributed by atoms with van der Waals surface area (Å²) in [5.74, 6) is 0.790. The van der Waals surface area contributed by atoms with Crippen molar-refractivity contribution in [2.45, 2.75) is 26.2 Å². The van der Waals surface area contributed by atoms with Gasteiger partial charge in [-0.3, -0.25) is 9.79 Å². The third kappa shape index (κ3) is 1.88. The van der Waals surface area contributed by atoms with Gasteiger partial charge in [0.2, 0.25) is 5.91 Å². The van der Waals surface area contributed by atoms with Crippen molar-refractivity contribution in [3.8, 4) is 5.75 Å². The van der Waals surface area contributed by atoms with Crippen LogP contribution in [0.15, 0.2) is 47.5 Å². The van der Waals surface area contributed by atoms with Gasteiger partial charge in [-0.05, 0) is 24.3 Å². The molecule has 4 rings (SSSR count). The SMILES string of the molecule is COc1ccc2c(c1)C1(C(=O)N(C)c3ccccc31)C(C(C)(C)C)=N2. The fraction of sp³-hybridized carbons (Fsp3) is 0.333. The highest BCUT2D eigenvalue weighted by Gasteiger charge is 2.60. The highest BCUT2D eigenvalue weighted by atomic mass is 16.5. The second-order valence-electron chi connectivity index (χ2n) is 7.72. The zero-order chi connectivity index (χ0) is 18.0. The number of amides is 1. The van der Waals surface area contributed by atoms with Gasteiger partial charge >= 0.3 is 0 Å². The Balaban J connectivity index is 2.12. The summed E-state index contributed by atoms with van der Waals surface area (Å²) < 4.78 is 5.44. The van der Waals surface area contributed by atoms with Crippen LogP contribution in [0.4, 0.5) is 11.4 Å². The summed E-state index contributed by atoms with van der Waals surface area (Å²) in [6.07, 6.45) is 0. The predicted octanol–water partition coefficient (Wildman–Crippen LogP) is 4.09. The minimum atomic E-state index is -0.868. The molecule has 0 saturated carbocycles. The Morgan fingerprint density at radius 1 is 1.08 bits per heavy atom. The molecule has 0 saturated heterocycles. The van der Waals surface area contributed by atoms with E-state index in [0.717, 1.165) is 34.0 Å². The molecule has 2 heterocycles. The van der Waals surface area contributed by atoms with Gasteiger partial charge in [0.1, 0.15) is 11.2 Å². The minimum Gasteiger partial charge on any atom is -0.497 e. The van der Waals surface area contributed by atoms with Gasteiger partial charge in [0.25, 0.3) is 0 Å². The van der Waals surface area contributed by atoms with Gasteiger partial charge < -0.3 is 9.64 Å². The molecule has 0 radical (unpaired) electrons. The van der Waals surface area contributed by atoms with Gasteiger partial charge in [0.05, 0.1) is 12.8 Å². The van der Waals surface area contributed by atoms with Crippen LogP contribution in [0.2, 0.25) is 0 Å². The molecule has 1 unspecified atom stereocenters. The lowest BCUT2D eigenvalue weighted by atomic mass is 9.66. The van der Waals surface area contributed by atoms with Gasteiger partial charge in [-0.15, -0.1) is 0 Å². The van der Waals surface area contributed by atoms with Gasteiger partial charge in [-0.2, -0.15) is 0 Å². The number of fused-ring (bicyclic) bond motifs is 4. The molecule has 2 aliphatic heterocycles. The van der Waals surface area contributed by atoms with Crippen LogP contribution in [0.5, 0.6) is 5.75 Å². The zero-order valence-corrected chi connectivity index (χ0v) is 15.3. The first-order chi connectivity index (χ1) is 11.8. The van der Waals surface area contributed by atoms with Crippen molar-refractivity contribution in [1.82, 2.24) is 0 Å². The van der Waals surface area contributed by atoms with Crippen LogP contribution >= 0.6 is 0 Å². The van der Waals surface area contributed by atoms with E-state index in [2.05, 4.69) is 20.8 Å². The first-order valence-corrected chi connectivity index (χ1v) is 8.47. The topological polar surface area (TPSA) is 41.9 Å². The molecule has 0 aromatic heterocycles. The van der Waals surface area contributed by atoms with E-state index >= 15 is 0 Å². The number of hydrogen-bond acceptors (Lipinski definition) is 3. The van der Waals surface area contributed by atoms with E-state index < -0.39 is 5.41 Å². The monoisotopic (exact) mass is 334 g/mol. The molecular weight excluding hydrogens is 312 g/mol. The molecule has 1 amide bonds. The van der Waals surface area contributed by atoms with E-state index in [1.807, 2.05) is 49.5 Å². The van der Waals surface area contributed by atoms with E-state index in [-0.39, 0.29) is 11.3 Å². The fourth-order valence-electron chi connectivity index (χ4n) is 4.15. The van der Waals surface area contributed by atoms with E-state index in [1.54, 1.807) is 12.0 Å². The maximum Gasteiger partial charge on any atom is 0.247 e. The third-order valence-corrected chi connectivity index (χ3v) is 5.20. The summed E-state index contributed by atoms with van der Waals surface area (Å²) >= 11 is 0. The van der Waals surface area contributed by atoms with E-state index in [1.165, 1.54) is 0 Å².